The van der Waals surface area contributed by atoms with Gasteiger partial charge in [-0.1, -0.05) is 20.3 Å². The molecule has 0 aromatic carbocycles. The molecule has 2 rings (SSSR count). The molecule has 0 unspecified atom stereocenters. The van der Waals surface area contributed by atoms with E-state index in [-0.39, 0.29) is 18.3 Å². The highest BCUT2D eigenvalue weighted by molar-refractivity contribution is 5.60. The molecular weight excluding hydrogens is 336 g/mol. The Balaban J connectivity index is 1.55. The van der Waals surface area contributed by atoms with E-state index in [1.54, 1.807) is 0 Å². The van der Waals surface area contributed by atoms with E-state index in [0.29, 0.717) is 38.2 Å². The molecule has 0 amide bonds. The normalized spacial score (nSPS) is 24.1. The first-order valence-corrected chi connectivity index (χ1v) is 10.2. The van der Waals surface area contributed by atoms with Crippen molar-refractivity contribution >= 4 is 12.3 Å². The van der Waals surface area contributed by atoms with Crippen molar-refractivity contribution in [1.29, 1.82) is 0 Å². The molecule has 2 saturated carbocycles. The third kappa shape index (κ3) is 8.28. The molecule has 6 heteroatoms. The second kappa shape index (κ2) is 11.3. The van der Waals surface area contributed by atoms with Crippen molar-refractivity contribution in [3.8, 4) is 0 Å². The fourth-order valence-corrected chi connectivity index (χ4v) is 3.57. The Morgan fingerprint density at radius 1 is 0.769 bits per heavy atom. The molecule has 150 valence electrons. The van der Waals surface area contributed by atoms with E-state index >= 15 is 0 Å². The quantitative estimate of drug-likeness (QED) is 0.443. The predicted molar refractivity (Wildman–Crippen MR) is 97.0 cm³/mol. The molecule has 26 heavy (non-hydrogen) atoms. The fourth-order valence-electron chi connectivity index (χ4n) is 3.57. The summed E-state index contributed by atoms with van der Waals surface area (Å²) in [5.74, 6) is 0.606. The van der Waals surface area contributed by atoms with Gasteiger partial charge < -0.3 is 18.9 Å². The summed E-state index contributed by atoms with van der Waals surface area (Å²) < 4.78 is 21.3. The molecule has 0 heterocycles. The van der Waals surface area contributed by atoms with E-state index in [9.17, 15) is 9.59 Å². The standard InChI is InChI=1S/C20H34O6/c1-15(2)7-6-14-23-19(21)24-17-10-12-18(13-11-17)26-20(22)25-16-8-4-3-5-9-16/h15-18H,3-14H2,1-2H3. The van der Waals surface area contributed by atoms with Crippen LogP contribution in [0.15, 0.2) is 0 Å². The van der Waals surface area contributed by atoms with Gasteiger partial charge in [0.25, 0.3) is 0 Å². The Morgan fingerprint density at radius 3 is 1.81 bits per heavy atom. The maximum absolute atomic E-state index is 11.9. The Kier molecular flexibility index (Phi) is 9.06. The lowest BCUT2D eigenvalue weighted by atomic mass is 9.95. The molecule has 6 nitrogen and oxygen atoms in total. The summed E-state index contributed by atoms with van der Waals surface area (Å²) in [6.07, 6.45) is 8.55. The average Bonchev–Trinajstić information content (AvgIpc) is 2.61. The number of hydrogen-bond donors (Lipinski definition) is 0. The van der Waals surface area contributed by atoms with Gasteiger partial charge in [0, 0.05) is 0 Å². The second-order valence-corrected chi connectivity index (χ2v) is 7.90. The molecule has 0 N–H and O–H groups in total. The Bertz CT molecular complexity index is 422. The zero-order valence-electron chi connectivity index (χ0n) is 16.2. The van der Waals surface area contributed by atoms with E-state index < -0.39 is 12.3 Å². The minimum absolute atomic E-state index is 0.0152. The van der Waals surface area contributed by atoms with Gasteiger partial charge in [0.05, 0.1) is 6.61 Å². The van der Waals surface area contributed by atoms with E-state index in [1.807, 2.05) is 0 Å². The summed E-state index contributed by atoms with van der Waals surface area (Å²) in [5, 5.41) is 0. The van der Waals surface area contributed by atoms with Crippen LogP contribution in [-0.2, 0) is 18.9 Å². The van der Waals surface area contributed by atoms with Gasteiger partial charge in [0.15, 0.2) is 0 Å². The largest absolute Gasteiger partial charge is 0.508 e. The number of carbonyl (C=O) groups is 2. The van der Waals surface area contributed by atoms with Crippen molar-refractivity contribution in [3.63, 3.8) is 0 Å². The molecule has 0 aliphatic heterocycles. The minimum atomic E-state index is -0.588. The first-order valence-electron chi connectivity index (χ1n) is 10.2. The molecule has 2 aliphatic rings. The molecule has 0 aromatic rings. The lowest BCUT2D eigenvalue weighted by Gasteiger charge is -2.28. The van der Waals surface area contributed by atoms with Crippen molar-refractivity contribution in [3.05, 3.63) is 0 Å². The maximum atomic E-state index is 11.9. The van der Waals surface area contributed by atoms with Gasteiger partial charge >= 0.3 is 12.3 Å². The molecule has 2 fully saturated rings. The first kappa shape index (κ1) is 20.8. The van der Waals surface area contributed by atoms with Crippen LogP contribution in [0.5, 0.6) is 0 Å². The van der Waals surface area contributed by atoms with Crippen molar-refractivity contribution in [1.82, 2.24) is 0 Å². The topological polar surface area (TPSA) is 71.1 Å². The fraction of sp³-hybridized carbons (Fsp3) is 0.900. The van der Waals surface area contributed by atoms with Gasteiger partial charge in [-0.25, -0.2) is 9.59 Å². The zero-order valence-corrected chi connectivity index (χ0v) is 16.2. The predicted octanol–water partition coefficient (Wildman–Crippen LogP) is 5.37. The van der Waals surface area contributed by atoms with E-state index in [4.69, 9.17) is 18.9 Å². The Morgan fingerprint density at radius 2 is 1.27 bits per heavy atom. The lowest BCUT2D eigenvalue weighted by molar-refractivity contribution is -0.0402. The van der Waals surface area contributed by atoms with Crippen LogP contribution in [0.25, 0.3) is 0 Å². The maximum Gasteiger partial charge on any atom is 0.508 e. The minimum Gasteiger partial charge on any atom is -0.434 e. The van der Waals surface area contributed by atoms with Gasteiger partial charge in [-0.2, -0.15) is 0 Å². The molecule has 0 radical (unpaired) electrons. The van der Waals surface area contributed by atoms with Crippen LogP contribution in [0.1, 0.15) is 84.5 Å². The SMILES string of the molecule is CC(C)CCCOC(=O)OC1CCC(OC(=O)OC2CCCCC2)CC1. The van der Waals surface area contributed by atoms with E-state index in [1.165, 1.54) is 6.42 Å². The highest BCUT2D eigenvalue weighted by Gasteiger charge is 2.28. The Hall–Kier alpha value is -1.46. The van der Waals surface area contributed by atoms with E-state index in [0.717, 1.165) is 38.5 Å². The number of hydrogen-bond acceptors (Lipinski definition) is 6. The highest BCUT2D eigenvalue weighted by Crippen LogP contribution is 2.25. The molecule has 0 saturated heterocycles. The van der Waals surface area contributed by atoms with Gasteiger partial charge in [0.2, 0.25) is 0 Å². The number of ether oxygens (including phenoxy) is 4. The van der Waals surface area contributed by atoms with Gasteiger partial charge in [0.1, 0.15) is 18.3 Å². The molecule has 0 atom stereocenters. The lowest BCUT2D eigenvalue weighted by Crippen LogP contribution is -2.31. The summed E-state index contributed by atoms with van der Waals surface area (Å²) in [4.78, 5) is 23.6. The summed E-state index contributed by atoms with van der Waals surface area (Å²) >= 11 is 0. The van der Waals surface area contributed by atoms with Crippen molar-refractivity contribution in [2.75, 3.05) is 6.61 Å². The van der Waals surface area contributed by atoms with Gasteiger partial charge in [-0.3, -0.25) is 0 Å². The van der Waals surface area contributed by atoms with Gasteiger partial charge in [-0.05, 0) is 70.1 Å². The van der Waals surface area contributed by atoms with E-state index in [2.05, 4.69) is 13.8 Å². The van der Waals surface area contributed by atoms with Gasteiger partial charge in [-0.15, -0.1) is 0 Å². The van der Waals surface area contributed by atoms with Crippen LogP contribution in [0.3, 0.4) is 0 Å². The van der Waals surface area contributed by atoms with Crippen molar-refractivity contribution in [2.45, 2.75) is 103 Å². The third-order valence-electron chi connectivity index (χ3n) is 5.11. The average molecular weight is 370 g/mol. The second-order valence-electron chi connectivity index (χ2n) is 7.90. The summed E-state index contributed by atoms with van der Waals surface area (Å²) in [7, 11) is 0. The summed E-state index contributed by atoms with van der Waals surface area (Å²) in [6.45, 7) is 4.69. The number of rotatable bonds is 7. The van der Waals surface area contributed by atoms with Crippen LogP contribution in [0.2, 0.25) is 0 Å². The smallest absolute Gasteiger partial charge is 0.434 e. The van der Waals surface area contributed by atoms with Crippen LogP contribution < -0.4 is 0 Å². The van der Waals surface area contributed by atoms with Crippen LogP contribution in [-0.4, -0.2) is 37.2 Å². The Labute approximate surface area is 156 Å². The van der Waals surface area contributed by atoms with Crippen molar-refractivity contribution in [2.24, 2.45) is 5.92 Å². The highest BCUT2D eigenvalue weighted by atomic mass is 16.7. The summed E-state index contributed by atoms with van der Waals surface area (Å²) in [5.41, 5.74) is 0. The summed E-state index contributed by atoms with van der Waals surface area (Å²) in [6, 6.07) is 0. The van der Waals surface area contributed by atoms with Crippen molar-refractivity contribution < 1.29 is 28.5 Å². The molecular formula is C20H34O6. The number of carbonyl (C=O) groups excluding carboxylic acids is 2. The van der Waals surface area contributed by atoms with Crippen LogP contribution in [0, 0.1) is 5.92 Å². The first-order chi connectivity index (χ1) is 12.5. The van der Waals surface area contributed by atoms with Crippen LogP contribution in [0.4, 0.5) is 9.59 Å². The molecule has 0 aromatic heterocycles. The molecule has 0 spiro atoms. The molecule has 2 aliphatic carbocycles. The molecule has 0 bridgehead atoms. The zero-order chi connectivity index (χ0) is 18.8. The van der Waals surface area contributed by atoms with Crippen LogP contribution >= 0.6 is 0 Å². The third-order valence-corrected chi connectivity index (χ3v) is 5.11. The monoisotopic (exact) mass is 370 g/mol.